The number of rotatable bonds is 2. The highest BCUT2D eigenvalue weighted by atomic mass is 35.5. The molecular formula is C12H12ClFN2O3. The lowest BCUT2D eigenvalue weighted by Gasteiger charge is -2.22. The van der Waals surface area contributed by atoms with Gasteiger partial charge in [0, 0.05) is 11.6 Å². The number of hydrogen-bond acceptors (Lipinski definition) is 2. The molecule has 1 atom stereocenters. The quantitative estimate of drug-likeness (QED) is 0.878. The van der Waals surface area contributed by atoms with E-state index in [4.69, 9.17) is 16.7 Å². The molecule has 2 N–H and O–H groups in total. The molecule has 0 radical (unpaired) electrons. The van der Waals surface area contributed by atoms with Crippen molar-refractivity contribution in [2.45, 2.75) is 18.9 Å². The van der Waals surface area contributed by atoms with Crippen molar-refractivity contribution >= 4 is 29.3 Å². The number of halogens is 2. The maximum absolute atomic E-state index is 13.5. The molecule has 2 amide bonds. The minimum Gasteiger partial charge on any atom is -0.480 e. The molecule has 7 heteroatoms. The number of aliphatic carboxylic acids is 1. The number of hydrogen-bond donors (Lipinski definition) is 2. The van der Waals surface area contributed by atoms with Crippen molar-refractivity contribution in [1.29, 1.82) is 0 Å². The summed E-state index contributed by atoms with van der Waals surface area (Å²) >= 11 is 5.71. The maximum Gasteiger partial charge on any atom is 0.326 e. The van der Waals surface area contributed by atoms with Crippen molar-refractivity contribution in [3.63, 3.8) is 0 Å². The summed E-state index contributed by atoms with van der Waals surface area (Å²) in [5.74, 6) is -1.68. The standard InChI is InChI=1S/C12H12ClFN2O3/c13-7-3-4-8(14)9(6-7)15-12(19)16-5-1-2-10(16)11(17)18/h3-4,6,10H,1-2,5H2,(H,15,19)(H,17,18). The summed E-state index contributed by atoms with van der Waals surface area (Å²) in [7, 11) is 0. The Bertz CT molecular complexity index is 524. The van der Waals surface area contributed by atoms with Gasteiger partial charge in [-0.05, 0) is 31.0 Å². The van der Waals surface area contributed by atoms with Gasteiger partial charge < -0.3 is 15.3 Å². The van der Waals surface area contributed by atoms with Gasteiger partial charge in [-0.3, -0.25) is 0 Å². The summed E-state index contributed by atoms with van der Waals surface area (Å²) in [6.07, 6.45) is 1.02. The molecule has 1 aromatic carbocycles. The number of carbonyl (C=O) groups is 2. The van der Waals surface area contributed by atoms with Crippen LogP contribution in [-0.4, -0.2) is 34.6 Å². The van der Waals surface area contributed by atoms with E-state index in [0.29, 0.717) is 19.4 Å². The lowest BCUT2D eigenvalue weighted by molar-refractivity contribution is -0.141. The second kappa shape index (κ2) is 5.44. The second-order valence-corrected chi connectivity index (χ2v) is 4.68. The summed E-state index contributed by atoms with van der Waals surface area (Å²) < 4.78 is 13.5. The van der Waals surface area contributed by atoms with Crippen molar-refractivity contribution in [3.8, 4) is 0 Å². The molecule has 0 aliphatic carbocycles. The van der Waals surface area contributed by atoms with Gasteiger partial charge in [0.15, 0.2) is 0 Å². The molecule has 1 aliphatic heterocycles. The van der Waals surface area contributed by atoms with Crippen LogP contribution in [0.25, 0.3) is 0 Å². The number of nitrogens with zero attached hydrogens (tertiary/aromatic N) is 1. The van der Waals surface area contributed by atoms with Gasteiger partial charge in [-0.2, -0.15) is 0 Å². The Morgan fingerprint density at radius 2 is 2.21 bits per heavy atom. The Balaban J connectivity index is 2.12. The molecule has 5 nitrogen and oxygen atoms in total. The molecule has 1 saturated heterocycles. The van der Waals surface area contributed by atoms with Gasteiger partial charge >= 0.3 is 12.0 Å². The monoisotopic (exact) mass is 286 g/mol. The van der Waals surface area contributed by atoms with Crippen molar-refractivity contribution in [3.05, 3.63) is 29.0 Å². The molecule has 2 rings (SSSR count). The Morgan fingerprint density at radius 3 is 2.89 bits per heavy atom. The average molecular weight is 287 g/mol. The molecule has 1 aromatic rings. The van der Waals surface area contributed by atoms with Crippen LogP contribution < -0.4 is 5.32 Å². The van der Waals surface area contributed by atoms with Gasteiger partial charge in [0.2, 0.25) is 0 Å². The van der Waals surface area contributed by atoms with Gasteiger partial charge in [-0.25, -0.2) is 14.0 Å². The minimum atomic E-state index is -1.06. The van der Waals surface area contributed by atoms with Crippen LogP contribution >= 0.6 is 11.6 Å². The van der Waals surface area contributed by atoms with Crippen LogP contribution in [0.15, 0.2) is 18.2 Å². The van der Waals surface area contributed by atoms with E-state index >= 15 is 0 Å². The number of nitrogens with one attached hydrogen (secondary N) is 1. The Kier molecular flexibility index (Phi) is 3.90. The van der Waals surface area contributed by atoms with E-state index in [9.17, 15) is 14.0 Å². The van der Waals surface area contributed by atoms with E-state index in [0.717, 1.165) is 6.07 Å². The topological polar surface area (TPSA) is 69.6 Å². The van der Waals surface area contributed by atoms with Crippen LogP contribution in [-0.2, 0) is 4.79 Å². The van der Waals surface area contributed by atoms with E-state index in [2.05, 4.69) is 5.32 Å². The van der Waals surface area contributed by atoms with Crippen LogP contribution in [0.4, 0.5) is 14.9 Å². The van der Waals surface area contributed by atoms with E-state index in [1.54, 1.807) is 0 Å². The number of benzene rings is 1. The first-order chi connectivity index (χ1) is 8.99. The molecule has 0 saturated carbocycles. The molecule has 1 aliphatic rings. The normalized spacial score (nSPS) is 18.4. The molecule has 1 fully saturated rings. The first kappa shape index (κ1) is 13.6. The number of urea groups is 1. The van der Waals surface area contributed by atoms with E-state index in [1.165, 1.54) is 17.0 Å². The third-order valence-corrected chi connectivity index (χ3v) is 3.20. The first-order valence-corrected chi connectivity index (χ1v) is 6.12. The predicted octanol–water partition coefficient (Wildman–Crippen LogP) is 2.56. The van der Waals surface area contributed by atoms with Crippen LogP contribution in [0.2, 0.25) is 5.02 Å². The minimum absolute atomic E-state index is 0.0615. The number of anilines is 1. The van der Waals surface area contributed by atoms with Crippen molar-refractivity contribution in [1.82, 2.24) is 4.90 Å². The zero-order chi connectivity index (χ0) is 14.0. The number of carboxylic acids is 1. The molecule has 1 heterocycles. The van der Waals surface area contributed by atoms with E-state index < -0.39 is 23.9 Å². The lowest BCUT2D eigenvalue weighted by atomic mass is 10.2. The number of carbonyl (C=O) groups excluding carboxylic acids is 1. The molecule has 1 unspecified atom stereocenters. The van der Waals surface area contributed by atoms with Crippen LogP contribution in [0.1, 0.15) is 12.8 Å². The fourth-order valence-corrected chi connectivity index (χ4v) is 2.22. The fraction of sp³-hybridized carbons (Fsp3) is 0.333. The predicted molar refractivity (Wildman–Crippen MR) is 67.8 cm³/mol. The van der Waals surface area contributed by atoms with E-state index in [-0.39, 0.29) is 10.7 Å². The van der Waals surface area contributed by atoms with Crippen molar-refractivity contribution in [2.75, 3.05) is 11.9 Å². The molecule has 0 spiro atoms. The van der Waals surface area contributed by atoms with Gasteiger partial charge in [-0.15, -0.1) is 0 Å². The highest BCUT2D eigenvalue weighted by molar-refractivity contribution is 6.30. The van der Waals surface area contributed by atoms with Crippen LogP contribution in [0.5, 0.6) is 0 Å². The zero-order valence-electron chi connectivity index (χ0n) is 9.90. The zero-order valence-corrected chi connectivity index (χ0v) is 10.7. The number of likely N-dealkylation sites (tertiary alicyclic amines) is 1. The van der Waals surface area contributed by atoms with E-state index in [1.807, 2.05) is 0 Å². The summed E-state index contributed by atoms with van der Waals surface area (Å²) in [5, 5.41) is 11.6. The smallest absolute Gasteiger partial charge is 0.326 e. The van der Waals surface area contributed by atoms with Gasteiger partial charge in [-0.1, -0.05) is 11.6 Å². The van der Waals surface area contributed by atoms with Gasteiger partial charge in [0.25, 0.3) is 0 Å². The largest absolute Gasteiger partial charge is 0.480 e. The number of carboxylic acid groups (broad SMARTS) is 1. The Labute approximate surface area is 114 Å². The third-order valence-electron chi connectivity index (χ3n) is 2.97. The highest BCUT2D eigenvalue weighted by Crippen LogP contribution is 2.22. The van der Waals surface area contributed by atoms with Crippen LogP contribution in [0, 0.1) is 5.82 Å². The highest BCUT2D eigenvalue weighted by Gasteiger charge is 2.34. The Hall–Kier alpha value is -1.82. The average Bonchev–Trinajstić information content (AvgIpc) is 2.83. The summed E-state index contributed by atoms with van der Waals surface area (Å²) in [5.41, 5.74) is -0.0615. The molecule has 0 aromatic heterocycles. The third kappa shape index (κ3) is 2.96. The summed E-state index contributed by atoms with van der Waals surface area (Å²) in [6, 6.07) is 2.29. The first-order valence-electron chi connectivity index (χ1n) is 5.74. The van der Waals surface area contributed by atoms with Gasteiger partial charge in [0.1, 0.15) is 11.9 Å². The fourth-order valence-electron chi connectivity index (χ4n) is 2.05. The van der Waals surface area contributed by atoms with Crippen molar-refractivity contribution < 1.29 is 19.1 Å². The summed E-state index contributed by atoms with van der Waals surface area (Å²) in [6.45, 7) is 0.338. The van der Waals surface area contributed by atoms with Crippen LogP contribution in [0.3, 0.4) is 0 Å². The molecule has 102 valence electrons. The summed E-state index contributed by atoms with van der Waals surface area (Å²) in [4.78, 5) is 24.1. The Morgan fingerprint density at radius 1 is 1.47 bits per heavy atom. The van der Waals surface area contributed by atoms with Crippen molar-refractivity contribution in [2.24, 2.45) is 0 Å². The molecule has 0 bridgehead atoms. The van der Waals surface area contributed by atoms with Gasteiger partial charge in [0.05, 0.1) is 5.69 Å². The maximum atomic E-state index is 13.5. The number of amides is 2. The second-order valence-electron chi connectivity index (χ2n) is 4.24. The lowest BCUT2D eigenvalue weighted by Crippen LogP contribution is -2.42. The SMILES string of the molecule is O=C(O)C1CCCN1C(=O)Nc1cc(Cl)ccc1F. The molecular weight excluding hydrogens is 275 g/mol. The molecule has 19 heavy (non-hydrogen) atoms.